The van der Waals surface area contributed by atoms with E-state index in [2.05, 4.69) is 10.6 Å². The van der Waals surface area contributed by atoms with Crippen molar-refractivity contribution in [2.75, 3.05) is 23.8 Å². The van der Waals surface area contributed by atoms with Crippen molar-refractivity contribution in [1.29, 1.82) is 0 Å². The van der Waals surface area contributed by atoms with Crippen molar-refractivity contribution >= 4 is 23.2 Å². The molecular formula is C23H29N3O2. The molecule has 28 heavy (non-hydrogen) atoms. The average Bonchev–Trinajstić information content (AvgIpc) is 2.71. The third-order valence-corrected chi connectivity index (χ3v) is 5.28. The highest BCUT2D eigenvalue weighted by atomic mass is 16.2. The molecule has 148 valence electrons. The fourth-order valence-corrected chi connectivity index (χ4v) is 3.64. The highest BCUT2D eigenvalue weighted by molar-refractivity contribution is 5.97. The molecule has 0 bridgehead atoms. The fraction of sp³-hybridized carbons (Fsp3) is 0.391. The maximum Gasteiger partial charge on any atom is 0.251 e. The van der Waals surface area contributed by atoms with Gasteiger partial charge in [0.2, 0.25) is 5.91 Å². The number of nitrogens with one attached hydrogen (secondary N) is 2. The molecule has 5 heteroatoms. The van der Waals surface area contributed by atoms with Crippen molar-refractivity contribution in [1.82, 2.24) is 5.32 Å². The van der Waals surface area contributed by atoms with Crippen LogP contribution in [0, 0.1) is 6.92 Å². The van der Waals surface area contributed by atoms with Crippen LogP contribution in [0.2, 0.25) is 0 Å². The van der Waals surface area contributed by atoms with Crippen LogP contribution in [0.3, 0.4) is 0 Å². The van der Waals surface area contributed by atoms with Crippen molar-refractivity contribution in [3.8, 4) is 0 Å². The standard InChI is InChI=1S/C23H29N3O2/c1-17-15-18(23(28)24-19-9-5-3-6-10-19)13-14-21(17)25-22(27)16-26(2)20-11-7-4-8-12-20/h4,7-8,11-15,19H,3,5-6,9-10,16H2,1-2H3,(H,24,28)(H,25,27). The topological polar surface area (TPSA) is 61.4 Å². The molecule has 0 aromatic heterocycles. The molecule has 0 heterocycles. The average molecular weight is 380 g/mol. The number of carbonyl (C=O) groups excluding carboxylic acids is 2. The van der Waals surface area contributed by atoms with E-state index in [-0.39, 0.29) is 24.4 Å². The molecule has 0 unspecified atom stereocenters. The number of amides is 2. The van der Waals surface area contributed by atoms with Gasteiger partial charge in [0.15, 0.2) is 0 Å². The summed E-state index contributed by atoms with van der Waals surface area (Å²) < 4.78 is 0. The lowest BCUT2D eigenvalue weighted by Gasteiger charge is -2.23. The fourth-order valence-electron chi connectivity index (χ4n) is 3.64. The predicted molar refractivity (Wildman–Crippen MR) is 114 cm³/mol. The van der Waals surface area contributed by atoms with Crippen LogP contribution in [-0.4, -0.2) is 31.4 Å². The Balaban J connectivity index is 1.57. The molecule has 0 spiro atoms. The van der Waals surface area contributed by atoms with Crippen molar-refractivity contribution in [2.24, 2.45) is 0 Å². The molecule has 2 aromatic rings. The van der Waals surface area contributed by atoms with Gasteiger partial charge in [-0.05, 0) is 55.7 Å². The third kappa shape index (κ3) is 5.35. The van der Waals surface area contributed by atoms with Gasteiger partial charge in [0, 0.05) is 30.0 Å². The highest BCUT2D eigenvalue weighted by Gasteiger charge is 2.17. The van der Waals surface area contributed by atoms with E-state index in [4.69, 9.17) is 0 Å². The molecule has 2 aromatic carbocycles. The number of rotatable bonds is 6. The van der Waals surface area contributed by atoms with Gasteiger partial charge in [-0.25, -0.2) is 0 Å². The molecule has 0 saturated heterocycles. The van der Waals surface area contributed by atoms with E-state index in [0.29, 0.717) is 5.56 Å². The zero-order chi connectivity index (χ0) is 19.9. The van der Waals surface area contributed by atoms with Crippen LogP contribution >= 0.6 is 0 Å². The molecule has 0 aliphatic heterocycles. The first-order chi connectivity index (χ1) is 13.5. The number of anilines is 2. The monoisotopic (exact) mass is 379 g/mol. The van der Waals surface area contributed by atoms with Gasteiger partial charge in [-0.15, -0.1) is 0 Å². The van der Waals surface area contributed by atoms with Gasteiger partial charge in [-0.2, -0.15) is 0 Å². The number of benzene rings is 2. The second-order valence-electron chi connectivity index (χ2n) is 7.58. The summed E-state index contributed by atoms with van der Waals surface area (Å²) >= 11 is 0. The lowest BCUT2D eigenvalue weighted by molar-refractivity contribution is -0.114. The molecule has 5 nitrogen and oxygen atoms in total. The van der Waals surface area contributed by atoms with Gasteiger partial charge in [0.05, 0.1) is 6.54 Å². The van der Waals surface area contributed by atoms with Gasteiger partial charge in [-0.3, -0.25) is 9.59 Å². The molecule has 3 rings (SSSR count). The van der Waals surface area contributed by atoms with Crippen LogP contribution in [-0.2, 0) is 4.79 Å². The van der Waals surface area contributed by atoms with Crippen molar-refractivity contribution in [2.45, 2.75) is 45.1 Å². The van der Waals surface area contributed by atoms with Gasteiger partial charge in [0.1, 0.15) is 0 Å². The van der Waals surface area contributed by atoms with E-state index >= 15 is 0 Å². The van der Waals surface area contributed by atoms with E-state index in [1.165, 1.54) is 19.3 Å². The Bertz CT molecular complexity index is 814. The second-order valence-corrected chi connectivity index (χ2v) is 7.58. The summed E-state index contributed by atoms with van der Waals surface area (Å²) in [4.78, 5) is 26.8. The highest BCUT2D eigenvalue weighted by Crippen LogP contribution is 2.20. The van der Waals surface area contributed by atoms with Crippen molar-refractivity contribution in [3.05, 3.63) is 59.7 Å². The lowest BCUT2D eigenvalue weighted by Crippen LogP contribution is -2.36. The van der Waals surface area contributed by atoms with Crippen LogP contribution < -0.4 is 15.5 Å². The Morgan fingerprint density at radius 1 is 1.04 bits per heavy atom. The van der Waals surface area contributed by atoms with E-state index in [1.807, 2.05) is 61.3 Å². The number of nitrogens with zero attached hydrogens (tertiary/aromatic N) is 1. The Labute approximate surface area is 167 Å². The number of carbonyl (C=O) groups is 2. The maximum atomic E-state index is 12.5. The molecule has 2 amide bonds. The Hall–Kier alpha value is -2.82. The molecular weight excluding hydrogens is 350 g/mol. The van der Waals surface area contributed by atoms with Crippen LogP contribution in [0.25, 0.3) is 0 Å². The normalized spacial score (nSPS) is 14.4. The van der Waals surface area contributed by atoms with Gasteiger partial charge < -0.3 is 15.5 Å². The Kier molecular flexibility index (Phi) is 6.69. The smallest absolute Gasteiger partial charge is 0.251 e. The molecule has 1 aliphatic carbocycles. The SMILES string of the molecule is Cc1cc(C(=O)NC2CCCCC2)ccc1NC(=O)CN(C)c1ccccc1. The number of hydrogen-bond donors (Lipinski definition) is 2. The third-order valence-electron chi connectivity index (χ3n) is 5.28. The minimum atomic E-state index is -0.0890. The van der Waals surface area contributed by atoms with Crippen LogP contribution in [0.4, 0.5) is 11.4 Å². The summed E-state index contributed by atoms with van der Waals surface area (Å²) in [5.74, 6) is -0.120. The molecule has 0 radical (unpaired) electrons. The largest absolute Gasteiger partial charge is 0.365 e. The van der Waals surface area contributed by atoms with Crippen LogP contribution in [0.15, 0.2) is 48.5 Å². The summed E-state index contributed by atoms with van der Waals surface area (Å²) in [5.41, 5.74) is 3.25. The summed E-state index contributed by atoms with van der Waals surface area (Å²) in [6.07, 6.45) is 5.76. The second kappa shape index (κ2) is 9.40. The maximum absolute atomic E-state index is 12.5. The molecule has 1 saturated carbocycles. The zero-order valence-electron chi connectivity index (χ0n) is 16.7. The van der Waals surface area contributed by atoms with E-state index in [0.717, 1.165) is 29.8 Å². The summed E-state index contributed by atoms with van der Waals surface area (Å²) in [6.45, 7) is 2.17. The number of aryl methyl sites for hydroxylation is 1. The number of para-hydroxylation sites is 1. The van der Waals surface area contributed by atoms with Crippen molar-refractivity contribution in [3.63, 3.8) is 0 Å². The first-order valence-electron chi connectivity index (χ1n) is 10.0. The van der Waals surface area contributed by atoms with Crippen LogP contribution in [0.1, 0.15) is 48.0 Å². The number of likely N-dealkylation sites (N-methyl/N-ethyl adjacent to an activating group) is 1. The minimum absolute atomic E-state index is 0.0308. The molecule has 2 N–H and O–H groups in total. The van der Waals surface area contributed by atoms with E-state index in [1.54, 1.807) is 6.07 Å². The molecule has 1 fully saturated rings. The summed E-state index contributed by atoms with van der Waals surface area (Å²) in [5, 5.41) is 6.08. The molecule has 0 atom stereocenters. The van der Waals surface area contributed by atoms with Crippen LogP contribution in [0.5, 0.6) is 0 Å². The van der Waals surface area contributed by atoms with Gasteiger partial charge >= 0.3 is 0 Å². The predicted octanol–water partition coefficient (Wildman–Crippen LogP) is 4.13. The van der Waals surface area contributed by atoms with E-state index in [9.17, 15) is 9.59 Å². The Morgan fingerprint density at radius 2 is 1.75 bits per heavy atom. The Morgan fingerprint density at radius 3 is 2.43 bits per heavy atom. The molecule has 1 aliphatic rings. The summed E-state index contributed by atoms with van der Waals surface area (Å²) in [6, 6.07) is 15.5. The van der Waals surface area contributed by atoms with Gasteiger partial charge in [-0.1, -0.05) is 37.5 Å². The van der Waals surface area contributed by atoms with E-state index < -0.39 is 0 Å². The first-order valence-corrected chi connectivity index (χ1v) is 10.0. The summed E-state index contributed by atoms with van der Waals surface area (Å²) in [7, 11) is 1.89. The first kappa shape index (κ1) is 19.9. The quantitative estimate of drug-likeness (QED) is 0.793. The lowest BCUT2D eigenvalue weighted by atomic mass is 9.95. The number of hydrogen-bond acceptors (Lipinski definition) is 3. The van der Waals surface area contributed by atoms with Gasteiger partial charge in [0.25, 0.3) is 5.91 Å². The zero-order valence-corrected chi connectivity index (χ0v) is 16.7. The van der Waals surface area contributed by atoms with Crippen molar-refractivity contribution < 1.29 is 9.59 Å². The minimum Gasteiger partial charge on any atom is -0.365 e.